The summed E-state index contributed by atoms with van der Waals surface area (Å²) < 4.78 is 30.3. The summed E-state index contributed by atoms with van der Waals surface area (Å²) in [5.41, 5.74) is 1.32. The average Bonchev–Trinajstić information content (AvgIpc) is 3.10. The first kappa shape index (κ1) is 24.7. The Bertz CT molecular complexity index is 1080. The number of amides is 1. The molecule has 1 aromatic heterocycles. The van der Waals surface area contributed by atoms with Crippen LogP contribution >= 0.6 is 22.9 Å². The molecule has 7 nitrogen and oxygen atoms in total. The molecule has 1 amide bonds. The predicted octanol–water partition coefficient (Wildman–Crippen LogP) is 4.15. The molecular formula is C22H27ClN2O5S2. The molecule has 1 aromatic carbocycles. The van der Waals surface area contributed by atoms with Crippen molar-refractivity contribution in [2.24, 2.45) is 0 Å². The van der Waals surface area contributed by atoms with Gasteiger partial charge >= 0.3 is 5.97 Å². The molecule has 10 heteroatoms. The highest BCUT2D eigenvalue weighted by Gasteiger charge is 2.29. The number of rotatable bonds is 9. The monoisotopic (exact) mass is 498 g/mol. The van der Waals surface area contributed by atoms with Crippen molar-refractivity contribution in [1.29, 1.82) is 0 Å². The fourth-order valence-electron chi connectivity index (χ4n) is 3.65. The fraction of sp³-hybridized carbons (Fsp3) is 0.455. The number of carbonyl (C=O) groups is 2. The van der Waals surface area contributed by atoms with E-state index in [9.17, 15) is 18.0 Å². The first-order valence-corrected chi connectivity index (χ1v) is 13.4. The summed E-state index contributed by atoms with van der Waals surface area (Å²) in [5.74, 6) is -1.26. The maximum atomic E-state index is 12.6. The third-order valence-corrected chi connectivity index (χ3v) is 8.30. The smallest absolute Gasteiger partial charge is 0.341 e. The molecule has 0 saturated heterocycles. The van der Waals surface area contributed by atoms with E-state index in [1.807, 2.05) is 0 Å². The zero-order chi connectivity index (χ0) is 23.3. The Hall–Kier alpha value is -1.94. The van der Waals surface area contributed by atoms with E-state index < -0.39 is 21.7 Å². The minimum absolute atomic E-state index is 0.115. The number of halogens is 1. The minimum atomic E-state index is -3.63. The topological polar surface area (TPSA) is 92.8 Å². The second kappa shape index (κ2) is 10.8. The second-order valence-electron chi connectivity index (χ2n) is 7.53. The van der Waals surface area contributed by atoms with Gasteiger partial charge in [-0.05, 0) is 56.1 Å². The van der Waals surface area contributed by atoms with E-state index in [0.717, 1.165) is 36.5 Å². The van der Waals surface area contributed by atoms with Gasteiger partial charge in [0.2, 0.25) is 5.91 Å². The van der Waals surface area contributed by atoms with Crippen LogP contribution in [0.4, 0.5) is 5.00 Å². The zero-order valence-electron chi connectivity index (χ0n) is 18.1. The van der Waals surface area contributed by atoms with Crippen molar-refractivity contribution < 1.29 is 22.7 Å². The molecular weight excluding hydrogens is 472 g/mol. The molecule has 2 heterocycles. The number of fused-ring (bicyclic) bond motifs is 1. The lowest BCUT2D eigenvalue weighted by atomic mass is 10.0. The molecule has 0 saturated carbocycles. The summed E-state index contributed by atoms with van der Waals surface area (Å²) >= 11 is 7.18. The van der Waals surface area contributed by atoms with Crippen molar-refractivity contribution in [3.8, 4) is 0 Å². The summed E-state index contributed by atoms with van der Waals surface area (Å²) in [7, 11) is -3.63. The van der Waals surface area contributed by atoms with E-state index in [2.05, 4.69) is 17.1 Å². The first-order valence-electron chi connectivity index (χ1n) is 10.6. The number of anilines is 1. The van der Waals surface area contributed by atoms with E-state index in [4.69, 9.17) is 16.3 Å². The lowest BCUT2D eigenvalue weighted by molar-refractivity contribution is -0.115. The highest BCUT2D eigenvalue weighted by Crippen LogP contribution is 2.37. The molecule has 0 unspecified atom stereocenters. The molecule has 0 aliphatic carbocycles. The number of nitrogens with zero attached hydrogens (tertiary/aromatic N) is 1. The number of ether oxygens (including phenoxy) is 1. The molecule has 174 valence electrons. The van der Waals surface area contributed by atoms with Crippen LogP contribution < -0.4 is 5.32 Å². The molecule has 0 spiro atoms. The van der Waals surface area contributed by atoms with Crippen LogP contribution in [0.15, 0.2) is 29.2 Å². The second-order valence-corrected chi connectivity index (χ2v) is 11.2. The number of carbonyl (C=O) groups excluding carboxylic acids is 2. The van der Waals surface area contributed by atoms with Crippen LogP contribution in [0.2, 0.25) is 5.02 Å². The highest BCUT2D eigenvalue weighted by atomic mass is 35.5. The fourth-order valence-corrected chi connectivity index (χ4v) is 6.31. The van der Waals surface area contributed by atoms with Crippen LogP contribution in [-0.4, -0.2) is 50.6 Å². The SMILES string of the molecule is CCCN1CCc2c(sc(NC(=O)CCS(=O)(=O)c3ccc(Cl)cc3)c2C(=O)OCC)C1. The number of esters is 1. The van der Waals surface area contributed by atoms with Crippen LogP contribution in [0, 0.1) is 0 Å². The summed E-state index contributed by atoms with van der Waals surface area (Å²) in [6.45, 7) is 6.63. The van der Waals surface area contributed by atoms with Gasteiger partial charge in [-0.3, -0.25) is 9.69 Å². The predicted molar refractivity (Wildman–Crippen MR) is 126 cm³/mol. The van der Waals surface area contributed by atoms with Gasteiger partial charge in [-0.25, -0.2) is 13.2 Å². The van der Waals surface area contributed by atoms with Crippen LogP contribution in [0.3, 0.4) is 0 Å². The number of nitrogens with one attached hydrogen (secondary N) is 1. The standard InChI is InChI=1S/C22H27ClN2O5S2/c1-3-11-25-12-9-17-18(14-25)31-21(20(17)22(27)30-4-2)24-19(26)10-13-32(28,29)16-7-5-15(23)6-8-16/h5-8H,3-4,9-14H2,1-2H3,(H,24,26). The Morgan fingerprint density at radius 3 is 2.59 bits per heavy atom. The molecule has 0 fully saturated rings. The largest absolute Gasteiger partial charge is 0.462 e. The van der Waals surface area contributed by atoms with Crippen molar-refractivity contribution >= 4 is 49.7 Å². The van der Waals surface area contributed by atoms with Crippen LogP contribution in [-0.2, 0) is 32.3 Å². The van der Waals surface area contributed by atoms with E-state index in [-0.39, 0.29) is 23.7 Å². The Balaban J connectivity index is 1.75. The lowest BCUT2D eigenvalue weighted by Gasteiger charge is -2.26. The van der Waals surface area contributed by atoms with E-state index >= 15 is 0 Å². The number of benzene rings is 1. The first-order chi connectivity index (χ1) is 15.2. The third-order valence-electron chi connectivity index (χ3n) is 5.18. The van der Waals surface area contributed by atoms with Gasteiger partial charge in [-0.15, -0.1) is 11.3 Å². The third kappa shape index (κ3) is 5.89. The number of hydrogen-bond acceptors (Lipinski definition) is 7. The molecule has 0 atom stereocenters. The molecule has 3 rings (SSSR count). The summed E-state index contributed by atoms with van der Waals surface area (Å²) in [6.07, 6.45) is 1.52. The molecule has 0 bridgehead atoms. The number of hydrogen-bond donors (Lipinski definition) is 1. The molecule has 1 N–H and O–H groups in total. The van der Waals surface area contributed by atoms with Gasteiger partial charge in [-0.1, -0.05) is 18.5 Å². The molecule has 32 heavy (non-hydrogen) atoms. The molecule has 2 aromatic rings. The Kier molecular flexibility index (Phi) is 8.32. The highest BCUT2D eigenvalue weighted by molar-refractivity contribution is 7.91. The van der Waals surface area contributed by atoms with Crippen molar-refractivity contribution in [1.82, 2.24) is 4.90 Å². The molecule has 1 aliphatic rings. The average molecular weight is 499 g/mol. The Morgan fingerprint density at radius 2 is 1.94 bits per heavy atom. The zero-order valence-corrected chi connectivity index (χ0v) is 20.5. The summed E-state index contributed by atoms with van der Waals surface area (Å²) in [6, 6.07) is 5.84. The van der Waals surface area contributed by atoms with E-state index in [1.165, 1.54) is 35.6 Å². The van der Waals surface area contributed by atoms with Gasteiger partial charge in [0.25, 0.3) is 0 Å². The van der Waals surface area contributed by atoms with Crippen molar-refractivity contribution in [3.63, 3.8) is 0 Å². The Labute approximate surface area is 197 Å². The number of thiophene rings is 1. The van der Waals surface area contributed by atoms with Crippen LogP contribution in [0.25, 0.3) is 0 Å². The Morgan fingerprint density at radius 1 is 1.22 bits per heavy atom. The van der Waals surface area contributed by atoms with Crippen LogP contribution in [0.5, 0.6) is 0 Å². The van der Waals surface area contributed by atoms with Gasteiger partial charge in [0.1, 0.15) is 5.00 Å². The maximum absolute atomic E-state index is 12.6. The van der Waals surface area contributed by atoms with Crippen LogP contribution in [0.1, 0.15) is 47.5 Å². The van der Waals surface area contributed by atoms with E-state index in [1.54, 1.807) is 6.92 Å². The van der Waals surface area contributed by atoms with Gasteiger partial charge in [-0.2, -0.15) is 0 Å². The maximum Gasteiger partial charge on any atom is 0.341 e. The lowest BCUT2D eigenvalue weighted by Crippen LogP contribution is -2.30. The number of sulfone groups is 1. The van der Waals surface area contributed by atoms with Gasteiger partial charge in [0, 0.05) is 29.4 Å². The van der Waals surface area contributed by atoms with Crippen molar-refractivity contribution in [2.75, 3.05) is 30.8 Å². The molecule has 1 aliphatic heterocycles. The summed E-state index contributed by atoms with van der Waals surface area (Å²) in [4.78, 5) is 28.7. The minimum Gasteiger partial charge on any atom is -0.462 e. The van der Waals surface area contributed by atoms with Gasteiger partial charge < -0.3 is 10.1 Å². The normalized spacial score (nSPS) is 14.1. The summed E-state index contributed by atoms with van der Waals surface area (Å²) in [5, 5.41) is 3.63. The van der Waals surface area contributed by atoms with Crippen molar-refractivity contribution in [2.45, 2.75) is 44.6 Å². The quantitative estimate of drug-likeness (QED) is 0.522. The van der Waals surface area contributed by atoms with Crippen molar-refractivity contribution in [3.05, 3.63) is 45.3 Å². The van der Waals surface area contributed by atoms with Gasteiger partial charge in [0.15, 0.2) is 9.84 Å². The van der Waals surface area contributed by atoms with E-state index in [0.29, 0.717) is 22.0 Å². The van der Waals surface area contributed by atoms with Gasteiger partial charge in [0.05, 0.1) is 22.8 Å². The molecule has 0 radical (unpaired) electrons.